The van der Waals surface area contributed by atoms with Crippen LogP contribution in [0.5, 0.6) is 0 Å². The Hall–Kier alpha value is -1.77. The largest absolute Gasteiger partial charge is 0.378 e. The second-order valence-corrected chi connectivity index (χ2v) is 6.19. The first-order chi connectivity index (χ1) is 12.2. The minimum atomic E-state index is 0.551. The van der Waals surface area contributed by atoms with Gasteiger partial charge in [0.2, 0.25) is 0 Å². The lowest BCUT2D eigenvalue weighted by Gasteiger charge is -2.29. The molecule has 6 nitrogen and oxygen atoms in total. The highest BCUT2D eigenvalue weighted by atomic mass is 32.1. The fourth-order valence-corrected chi connectivity index (χ4v) is 2.96. The summed E-state index contributed by atoms with van der Waals surface area (Å²) in [4.78, 5) is 8.70. The van der Waals surface area contributed by atoms with Crippen molar-refractivity contribution in [1.29, 1.82) is 0 Å². The number of hydrogen-bond acceptors (Lipinski definition) is 3. The molecule has 2 N–H and O–H groups in total. The van der Waals surface area contributed by atoms with Gasteiger partial charge in [-0.15, -0.1) is 0 Å². The third kappa shape index (κ3) is 5.91. The number of thiocarbonyl (C=S) groups is 2. The Morgan fingerprint density at radius 1 is 1.12 bits per heavy atom. The maximum Gasteiger partial charge on any atom is 0.197 e. The lowest BCUT2D eigenvalue weighted by atomic mass is 10.2. The maximum absolute atomic E-state index is 5.47. The highest BCUT2D eigenvalue weighted by Crippen LogP contribution is 2.03. The second kappa shape index (κ2) is 10.3. The van der Waals surface area contributed by atoms with Crippen molar-refractivity contribution in [3.63, 3.8) is 0 Å². The van der Waals surface area contributed by atoms with Crippen molar-refractivity contribution in [3.05, 3.63) is 35.9 Å². The van der Waals surface area contributed by atoms with Gasteiger partial charge in [-0.3, -0.25) is 10.9 Å². The summed E-state index contributed by atoms with van der Waals surface area (Å²) in [6.45, 7) is 8.70. The van der Waals surface area contributed by atoms with Crippen LogP contribution in [0.2, 0.25) is 0 Å². The number of nitrogens with zero attached hydrogens (tertiary/aromatic N) is 3. The van der Waals surface area contributed by atoms with E-state index in [4.69, 9.17) is 29.2 Å². The van der Waals surface area contributed by atoms with Crippen molar-refractivity contribution in [2.75, 3.05) is 39.4 Å². The van der Waals surface area contributed by atoms with E-state index in [1.807, 2.05) is 35.2 Å². The fourth-order valence-electron chi connectivity index (χ4n) is 2.38. The number of rotatable bonds is 3. The van der Waals surface area contributed by atoms with Crippen LogP contribution in [0, 0.1) is 0 Å². The number of nitrogens with one attached hydrogen (secondary N) is 2. The second-order valence-electron chi connectivity index (χ2n) is 5.44. The summed E-state index contributed by atoms with van der Waals surface area (Å²) in [6.07, 6.45) is 0. The molecule has 1 aliphatic heterocycles. The van der Waals surface area contributed by atoms with Gasteiger partial charge in [0.05, 0.1) is 13.2 Å². The first kappa shape index (κ1) is 19.6. The number of hydrazine groups is 1. The number of morpholine rings is 1. The fraction of sp³-hybridized carbons (Fsp3) is 0.471. The van der Waals surface area contributed by atoms with Gasteiger partial charge in [-0.05, 0) is 38.3 Å². The molecule has 0 unspecified atom stereocenters. The van der Waals surface area contributed by atoms with E-state index < -0.39 is 0 Å². The summed E-state index contributed by atoms with van der Waals surface area (Å²) < 4.78 is 5.35. The average molecular weight is 380 g/mol. The van der Waals surface area contributed by atoms with Crippen molar-refractivity contribution in [1.82, 2.24) is 20.7 Å². The lowest BCUT2D eigenvalue weighted by molar-refractivity contribution is 0.0675. The van der Waals surface area contributed by atoms with Gasteiger partial charge in [0.1, 0.15) is 0 Å². The zero-order chi connectivity index (χ0) is 18.1. The number of hydrogen-bond donors (Lipinski definition) is 2. The number of benzene rings is 1. The summed E-state index contributed by atoms with van der Waals surface area (Å²) in [5.74, 6) is 0.646. The van der Waals surface area contributed by atoms with Crippen LogP contribution in [-0.4, -0.2) is 65.3 Å². The van der Waals surface area contributed by atoms with Gasteiger partial charge in [-0.25, -0.2) is 4.99 Å². The van der Waals surface area contributed by atoms with Crippen molar-refractivity contribution < 1.29 is 4.74 Å². The first-order valence-electron chi connectivity index (χ1n) is 8.47. The predicted octanol–water partition coefficient (Wildman–Crippen LogP) is 1.77. The van der Waals surface area contributed by atoms with Gasteiger partial charge in [-0.1, -0.05) is 30.3 Å². The molecule has 0 saturated carbocycles. The SMILES string of the molecule is CCN(CC)C(=S)/N=C(\NNC(=S)N1CCOCC1)c1ccccc1. The van der Waals surface area contributed by atoms with Crippen LogP contribution in [-0.2, 0) is 4.74 Å². The molecule has 0 bridgehead atoms. The van der Waals surface area contributed by atoms with Gasteiger partial charge >= 0.3 is 0 Å². The van der Waals surface area contributed by atoms with E-state index in [1.54, 1.807) is 0 Å². The zero-order valence-corrected chi connectivity index (χ0v) is 16.3. The number of aliphatic imine (C=N–C) groups is 1. The molecule has 1 fully saturated rings. The molecule has 1 saturated heterocycles. The van der Waals surface area contributed by atoms with E-state index in [0.29, 0.717) is 29.3 Å². The van der Waals surface area contributed by atoms with E-state index in [9.17, 15) is 0 Å². The number of ether oxygens (including phenoxy) is 1. The predicted molar refractivity (Wildman–Crippen MR) is 110 cm³/mol. The van der Waals surface area contributed by atoms with Crippen LogP contribution in [0.3, 0.4) is 0 Å². The van der Waals surface area contributed by atoms with Crippen LogP contribution in [0.25, 0.3) is 0 Å². The molecule has 2 rings (SSSR count). The highest BCUT2D eigenvalue weighted by Gasteiger charge is 2.14. The number of amidine groups is 1. The van der Waals surface area contributed by atoms with Crippen molar-refractivity contribution in [2.45, 2.75) is 13.8 Å². The van der Waals surface area contributed by atoms with Crippen molar-refractivity contribution >= 4 is 40.5 Å². The summed E-state index contributed by atoms with van der Waals surface area (Å²) in [6, 6.07) is 9.86. The molecule has 0 spiro atoms. The van der Waals surface area contributed by atoms with E-state index in [2.05, 4.69) is 34.6 Å². The van der Waals surface area contributed by atoms with Crippen LogP contribution in [0.1, 0.15) is 19.4 Å². The van der Waals surface area contributed by atoms with E-state index in [0.717, 1.165) is 31.7 Å². The normalized spacial score (nSPS) is 14.8. The summed E-state index contributed by atoms with van der Waals surface area (Å²) in [5, 5.41) is 1.18. The summed E-state index contributed by atoms with van der Waals surface area (Å²) >= 11 is 10.9. The Kier molecular flexibility index (Phi) is 8.03. The smallest absolute Gasteiger partial charge is 0.197 e. The van der Waals surface area contributed by atoms with Gasteiger partial charge < -0.3 is 14.5 Å². The molecule has 1 aromatic carbocycles. The molecule has 25 heavy (non-hydrogen) atoms. The molecule has 0 atom stereocenters. The first-order valence-corrected chi connectivity index (χ1v) is 9.29. The third-order valence-electron chi connectivity index (χ3n) is 3.87. The molecular weight excluding hydrogens is 354 g/mol. The van der Waals surface area contributed by atoms with Gasteiger partial charge in [0.15, 0.2) is 16.1 Å². The van der Waals surface area contributed by atoms with Crippen molar-refractivity contribution in [2.24, 2.45) is 4.99 Å². The Morgan fingerprint density at radius 2 is 1.76 bits per heavy atom. The van der Waals surface area contributed by atoms with Crippen LogP contribution >= 0.6 is 24.4 Å². The minimum Gasteiger partial charge on any atom is -0.378 e. The molecular formula is C17H25N5OS2. The maximum atomic E-state index is 5.47. The van der Waals surface area contributed by atoms with E-state index >= 15 is 0 Å². The quantitative estimate of drug-likeness (QED) is 0.359. The Morgan fingerprint density at radius 3 is 2.36 bits per heavy atom. The lowest BCUT2D eigenvalue weighted by Crippen LogP contribution is -2.52. The minimum absolute atomic E-state index is 0.551. The Balaban J connectivity index is 2.09. The third-order valence-corrected chi connectivity index (χ3v) is 4.58. The van der Waals surface area contributed by atoms with Gasteiger partial charge in [-0.2, -0.15) is 0 Å². The van der Waals surface area contributed by atoms with Gasteiger partial charge in [0.25, 0.3) is 0 Å². The molecule has 0 aliphatic carbocycles. The Bertz CT molecular complexity index is 598. The molecule has 1 heterocycles. The van der Waals surface area contributed by atoms with E-state index in [-0.39, 0.29) is 0 Å². The molecule has 0 aromatic heterocycles. The summed E-state index contributed by atoms with van der Waals surface area (Å²) in [7, 11) is 0. The molecule has 1 aromatic rings. The molecule has 0 amide bonds. The topological polar surface area (TPSA) is 52.1 Å². The van der Waals surface area contributed by atoms with Crippen LogP contribution in [0.4, 0.5) is 0 Å². The highest BCUT2D eigenvalue weighted by molar-refractivity contribution is 7.80. The summed E-state index contributed by atoms with van der Waals surface area (Å²) in [5.41, 5.74) is 7.14. The monoisotopic (exact) mass is 379 g/mol. The van der Waals surface area contributed by atoms with E-state index in [1.165, 1.54) is 0 Å². The molecule has 1 aliphatic rings. The molecule has 8 heteroatoms. The zero-order valence-electron chi connectivity index (χ0n) is 14.7. The van der Waals surface area contributed by atoms with Crippen LogP contribution < -0.4 is 10.9 Å². The van der Waals surface area contributed by atoms with Crippen molar-refractivity contribution in [3.8, 4) is 0 Å². The Labute approximate surface area is 160 Å². The average Bonchev–Trinajstić information content (AvgIpc) is 2.67. The van der Waals surface area contributed by atoms with Gasteiger partial charge in [0, 0.05) is 31.7 Å². The molecule has 136 valence electrons. The molecule has 0 radical (unpaired) electrons. The van der Waals surface area contributed by atoms with Crippen LogP contribution in [0.15, 0.2) is 35.3 Å². The standard InChI is InChI=1S/C17H25N5OS2/c1-3-21(4-2)16(24)18-15(14-8-6-5-7-9-14)19-20-17(25)22-10-12-23-13-11-22/h5-9H,3-4,10-13H2,1-2H3,(H,20,25)(H,18,19,24).